The summed E-state index contributed by atoms with van der Waals surface area (Å²) >= 11 is 0. The quantitative estimate of drug-likeness (QED) is 0.715. The number of hydrogen-bond acceptors (Lipinski definition) is 5. The normalized spacial score (nSPS) is 16.3. The van der Waals surface area contributed by atoms with Gasteiger partial charge in [-0.3, -0.25) is 4.79 Å². The molecule has 1 atom stereocenters. The molecule has 0 unspecified atom stereocenters. The van der Waals surface area contributed by atoms with E-state index >= 15 is 0 Å². The third kappa shape index (κ3) is 4.54. The molecule has 1 saturated heterocycles. The SMILES string of the molecule is COc1ccc(NC(=O)[C@@H]2CCCN(c3ncc(-c4ccccc4)cn3)C2)cc1. The van der Waals surface area contributed by atoms with Crippen molar-refractivity contribution in [1.29, 1.82) is 0 Å². The molecular weight excluding hydrogens is 364 g/mol. The van der Waals surface area contributed by atoms with Crippen LogP contribution in [0.4, 0.5) is 11.6 Å². The lowest BCUT2D eigenvalue weighted by molar-refractivity contribution is -0.120. The van der Waals surface area contributed by atoms with E-state index in [1.165, 1.54) is 0 Å². The number of nitrogens with zero attached hydrogens (tertiary/aromatic N) is 3. The molecule has 0 saturated carbocycles. The van der Waals surface area contributed by atoms with Gasteiger partial charge < -0.3 is 15.0 Å². The average molecular weight is 388 g/mol. The van der Waals surface area contributed by atoms with E-state index in [-0.39, 0.29) is 11.8 Å². The number of benzene rings is 2. The summed E-state index contributed by atoms with van der Waals surface area (Å²) in [5, 5.41) is 3.00. The van der Waals surface area contributed by atoms with E-state index < -0.39 is 0 Å². The monoisotopic (exact) mass is 388 g/mol. The van der Waals surface area contributed by atoms with Gasteiger partial charge in [-0.15, -0.1) is 0 Å². The fourth-order valence-corrected chi connectivity index (χ4v) is 3.56. The van der Waals surface area contributed by atoms with Crippen molar-refractivity contribution in [3.8, 4) is 16.9 Å². The summed E-state index contributed by atoms with van der Waals surface area (Å²) in [6.07, 6.45) is 5.49. The number of rotatable bonds is 5. The van der Waals surface area contributed by atoms with Crippen molar-refractivity contribution in [3.05, 3.63) is 67.0 Å². The van der Waals surface area contributed by atoms with Crippen LogP contribution in [0.25, 0.3) is 11.1 Å². The maximum atomic E-state index is 12.7. The summed E-state index contributed by atoms with van der Waals surface area (Å²) in [6, 6.07) is 17.4. The standard InChI is InChI=1S/C23H24N4O2/c1-29-21-11-9-20(10-12-21)26-22(28)18-8-5-13-27(16-18)23-24-14-19(15-25-23)17-6-3-2-4-7-17/h2-4,6-7,9-12,14-15,18H,5,8,13,16H2,1H3,(H,26,28)/t18-/m1/s1. The highest BCUT2D eigenvalue weighted by Crippen LogP contribution is 2.24. The first-order chi connectivity index (χ1) is 14.2. The molecule has 1 N–H and O–H groups in total. The first-order valence-electron chi connectivity index (χ1n) is 9.80. The van der Waals surface area contributed by atoms with Crippen LogP contribution in [0.15, 0.2) is 67.0 Å². The number of carbonyl (C=O) groups excluding carboxylic acids is 1. The van der Waals surface area contributed by atoms with Crippen LogP contribution in [0.3, 0.4) is 0 Å². The maximum Gasteiger partial charge on any atom is 0.229 e. The van der Waals surface area contributed by atoms with Crippen LogP contribution < -0.4 is 15.0 Å². The molecule has 29 heavy (non-hydrogen) atoms. The number of methoxy groups -OCH3 is 1. The average Bonchev–Trinajstić information content (AvgIpc) is 2.80. The van der Waals surface area contributed by atoms with Crippen LogP contribution in [-0.2, 0) is 4.79 Å². The zero-order valence-corrected chi connectivity index (χ0v) is 16.4. The van der Waals surface area contributed by atoms with Gasteiger partial charge in [-0.25, -0.2) is 9.97 Å². The van der Waals surface area contributed by atoms with Crippen LogP contribution in [0, 0.1) is 5.92 Å². The second kappa shape index (κ2) is 8.73. The number of piperidine rings is 1. The third-order valence-corrected chi connectivity index (χ3v) is 5.18. The van der Waals surface area contributed by atoms with E-state index in [0.29, 0.717) is 12.5 Å². The molecule has 1 aliphatic heterocycles. The van der Waals surface area contributed by atoms with Gasteiger partial charge in [-0.2, -0.15) is 0 Å². The Balaban J connectivity index is 1.40. The molecular formula is C23H24N4O2. The van der Waals surface area contributed by atoms with Gasteiger partial charge >= 0.3 is 0 Å². The minimum Gasteiger partial charge on any atom is -0.497 e. The molecule has 4 rings (SSSR count). The predicted molar refractivity (Wildman–Crippen MR) is 114 cm³/mol. The van der Waals surface area contributed by atoms with Gasteiger partial charge in [0.2, 0.25) is 11.9 Å². The Morgan fingerprint density at radius 2 is 1.76 bits per heavy atom. The number of amides is 1. The van der Waals surface area contributed by atoms with Gasteiger partial charge in [0, 0.05) is 36.7 Å². The fourth-order valence-electron chi connectivity index (χ4n) is 3.56. The van der Waals surface area contributed by atoms with Crippen LogP contribution in [0.5, 0.6) is 5.75 Å². The summed E-state index contributed by atoms with van der Waals surface area (Å²) < 4.78 is 5.16. The van der Waals surface area contributed by atoms with E-state index in [2.05, 4.69) is 20.2 Å². The second-order valence-corrected chi connectivity index (χ2v) is 7.14. The molecule has 6 heteroatoms. The van der Waals surface area contributed by atoms with Crippen molar-refractivity contribution in [3.63, 3.8) is 0 Å². The molecule has 148 valence electrons. The van der Waals surface area contributed by atoms with Crippen LogP contribution in [-0.4, -0.2) is 36.1 Å². The molecule has 2 aromatic carbocycles. The van der Waals surface area contributed by atoms with E-state index in [4.69, 9.17) is 4.74 Å². The smallest absolute Gasteiger partial charge is 0.229 e. The number of aromatic nitrogens is 2. The predicted octanol–water partition coefficient (Wildman–Crippen LogP) is 4.01. The van der Waals surface area contributed by atoms with E-state index in [9.17, 15) is 4.79 Å². The summed E-state index contributed by atoms with van der Waals surface area (Å²) in [4.78, 5) is 23.9. The number of hydrogen-bond donors (Lipinski definition) is 1. The minimum atomic E-state index is -0.0942. The van der Waals surface area contributed by atoms with Crippen LogP contribution >= 0.6 is 0 Å². The molecule has 0 bridgehead atoms. The van der Waals surface area contributed by atoms with Gasteiger partial charge in [0.15, 0.2) is 0 Å². The first kappa shape index (κ1) is 18.9. The zero-order valence-electron chi connectivity index (χ0n) is 16.4. The van der Waals surface area contributed by atoms with Gasteiger partial charge in [0.1, 0.15) is 5.75 Å². The van der Waals surface area contributed by atoms with Crippen molar-refractivity contribution in [2.24, 2.45) is 5.92 Å². The molecule has 1 amide bonds. The number of nitrogens with one attached hydrogen (secondary N) is 1. The maximum absolute atomic E-state index is 12.7. The molecule has 1 aromatic heterocycles. The summed E-state index contributed by atoms with van der Waals surface area (Å²) in [6.45, 7) is 1.48. The number of ether oxygens (including phenoxy) is 1. The van der Waals surface area contributed by atoms with Gasteiger partial charge in [-0.1, -0.05) is 30.3 Å². The molecule has 0 aliphatic carbocycles. The third-order valence-electron chi connectivity index (χ3n) is 5.18. The van der Waals surface area contributed by atoms with Crippen molar-refractivity contribution in [1.82, 2.24) is 9.97 Å². The summed E-state index contributed by atoms with van der Waals surface area (Å²) in [7, 11) is 1.62. The molecule has 0 spiro atoms. The van der Waals surface area contributed by atoms with Gasteiger partial charge in [-0.05, 0) is 42.7 Å². The molecule has 0 radical (unpaired) electrons. The van der Waals surface area contributed by atoms with Crippen molar-refractivity contribution in [2.45, 2.75) is 12.8 Å². The number of anilines is 2. The first-order valence-corrected chi connectivity index (χ1v) is 9.80. The Morgan fingerprint density at radius 1 is 1.03 bits per heavy atom. The Bertz CT molecular complexity index is 943. The highest BCUT2D eigenvalue weighted by Gasteiger charge is 2.27. The van der Waals surface area contributed by atoms with Crippen LogP contribution in [0.1, 0.15) is 12.8 Å². The van der Waals surface area contributed by atoms with E-state index in [1.54, 1.807) is 7.11 Å². The van der Waals surface area contributed by atoms with Crippen molar-refractivity contribution in [2.75, 3.05) is 30.4 Å². The lowest BCUT2D eigenvalue weighted by atomic mass is 9.97. The zero-order chi connectivity index (χ0) is 20.1. The Hall–Kier alpha value is -3.41. The summed E-state index contributed by atoms with van der Waals surface area (Å²) in [5.74, 6) is 1.37. The van der Waals surface area contributed by atoms with Crippen molar-refractivity contribution < 1.29 is 9.53 Å². The van der Waals surface area contributed by atoms with Gasteiger partial charge in [0.05, 0.1) is 13.0 Å². The highest BCUT2D eigenvalue weighted by atomic mass is 16.5. The molecule has 3 aromatic rings. The van der Waals surface area contributed by atoms with Gasteiger partial charge in [0.25, 0.3) is 0 Å². The topological polar surface area (TPSA) is 67.3 Å². The fraction of sp³-hybridized carbons (Fsp3) is 0.261. The van der Waals surface area contributed by atoms with Crippen molar-refractivity contribution >= 4 is 17.5 Å². The lowest BCUT2D eigenvalue weighted by Gasteiger charge is -2.32. The molecule has 1 aliphatic rings. The lowest BCUT2D eigenvalue weighted by Crippen LogP contribution is -2.41. The Labute approximate surface area is 170 Å². The Kier molecular flexibility index (Phi) is 5.70. The number of carbonyl (C=O) groups is 1. The molecule has 2 heterocycles. The molecule has 6 nitrogen and oxygen atoms in total. The van der Waals surface area contributed by atoms with Crippen LogP contribution in [0.2, 0.25) is 0 Å². The summed E-state index contributed by atoms with van der Waals surface area (Å²) in [5.41, 5.74) is 2.85. The molecule has 1 fully saturated rings. The van der Waals surface area contributed by atoms with E-state index in [1.807, 2.05) is 67.0 Å². The van der Waals surface area contributed by atoms with E-state index in [0.717, 1.165) is 42.0 Å². The minimum absolute atomic E-state index is 0.0285. The Morgan fingerprint density at radius 3 is 2.45 bits per heavy atom. The second-order valence-electron chi connectivity index (χ2n) is 7.14. The largest absolute Gasteiger partial charge is 0.497 e. The highest BCUT2D eigenvalue weighted by molar-refractivity contribution is 5.93.